The van der Waals surface area contributed by atoms with Crippen molar-refractivity contribution in [1.82, 2.24) is 15.6 Å². The molecule has 2 rings (SSSR count). The summed E-state index contributed by atoms with van der Waals surface area (Å²) in [5, 5.41) is 6.01. The van der Waals surface area contributed by atoms with E-state index in [0.29, 0.717) is 12.6 Å². The van der Waals surface area contributed by atoms with E-state index < -0.39 is 6.03 Å². The summed E-state index contributed by atoms with van der Waals surface area (Å²) in [6, 6.07) is 6.04. The molecule has 104 valence electrons. The first-order chi connectivity index (χ1) is 9.25. The van der Waals surface area contributed by atoms with Crippen LogP contribution in [0.3, 0.4) is 0 Å². The molecular formula is C13H21N5O. The summed E-state index contributed by atoms with van der Waals surface area (Å²) < 4.78 is 0. The molecule has 1 aromatic rings. The number of pyridine rings is 1. The predicted octanol–water partition coefficient (Wildman–Crippen LogP) is 0.308. The summed E-state index contributed by atoms with van der Waals surface area (Å²) in [4.78, 5) is 17.2. The van der Waals surface area contributed by atoms with E-state index in [1.165, 1.54) is 0 Å². The van der Waals surface area contributed by atoms with Gasteiger partial charge in [0.25, 0.3) is 0 Å². The van der Waals surface area contributed by atoms with E-state index in [0.717, 1.165) is 38.3 Å². The minimum Gasteiger partial charge on any atom is -0.357 e. The lowest BCUT2D eigenvalue weighted by Crippen LogP contribution is -2.45. The van der Waals surface area contributed by atoms with E-state index in [9.17, 15) is 4.79 Å². The first-order valence-electron chi connectivity index (χ1n) is 6.68. The lowest BCUT2D eigenvalue weighted by atomic mass is 10.1. The highest BCUT2D eigenvalue weighted by molar-refractivity contribution is 5.71. The summed E-state index contributed by atoms with van der Waals surface area (Å²) in [6.07, 6.45) is 4.01. The Morgan fingerprint density at radius 3 is 2.79 bits per heavy atom. The predicted molar refractivity (Wildman–Crippen MR) is 75.1 cm³/mol. The quantitative estimate of drug-likeness (QED) is 0.668. The number of carbonyl (C=O) groups excluding carboxylic acids is 1. The van der Waals surface area contributed by atoms with Crippen molar-refractivity contribution < 1.29 is 4.79 Å². The summed E-state index contributed by atoms with van der Waals surface area (Å²) >= 11 is 0. The number of aromatic nitrogens is 1. The largest absolute Gasteiger partial charge is 0.357 e. The average molecular weight is 263 g/mol. The van der Waals surface area contributed by atoms with Crippen LogP contribution >= 0.6 is 0 Å². The highest BCUT2D eigenvalue weighted by Crippen LogP contribution is 2.16. The van der Waals surface area contributed by atoms with Crippen LogP contribution in [-0.4, -0.2) is 43.2 Å². The van der Waals surface area contributed by atoms with Gasteiger partial charge in [-0.25, -0.2) is 9.78 Å². The Kier molecular flexibility index (Phi) is 4.97. The number of nitrogens with one attached hydrogen (secondary N) is 2. The fourth-order valence-corrected chi connectivity index (χ4v) is 2.32. The Balaban J connectivity index is 1.67. The van der Waals surface area contributed by atoms with E-state index in [4.69, 9.17) is 5.73 Å². The van der Waals surface area contributed by atoms with Crippen molar-refractivity contribution >= 4 is 11.8 Å². The Bertz CT molecular complexity index is 389. The Morgan fingerprint density at radius 1 is 1.37 bits per heavy atom. The maximum absolute atomic E-state index is 10.5. The molecule has 1 aliphatic rings. The lowest BCUT2D eigenvalue weighted by molar-refractivity contribution is 0.248. The molecule has 1 fully saturated rings. The zero-order valence-electron chi connectivity index (χ0n) is 11.0. The highest BCUT2D eigenvalue weighted by Gasteiger charge is 2.19. The number of nitrogens with zero attached hydrogens (tertiary/aromatic N) is 2. The van der Waals surface area contributed by atoms with Crippen LogP contribution < -0.4 is 21.3 Å². The molecule has 1 aliphatic heterocycles. The molecule has 6 nitrogen and oxygen atoms in total. The molecule has 0 spiro atoms. The number of anilines is 1. The molecule has 0 bridgehead atoms. The second kappa shape index (κ2) is 6.94. The fourth-order valence-electron chi connectivity index (χ4n) is 2.32. The third kappa shape index (κ3) is 4.40. The van der Waals surface area contributed by atoms with Gasteiger partial charge in [-0.3, -0.25) is 0 Å². The van der Waals surface area contributed by atoms with Gasteiger partial charge in [0.1, 0.15) is 5.82 Å². The molecule has 0 saturated carbocycles. The van der Waals surface area contributed by atoms with Crippen LogP contribution in [0.2, 0.25) is 0 Å². The van der Waals surface area contributed by atoms with Crippen molar-refractivity contribution in [3.8, 4) is 0 Å². The lowest BCUT2D eigenvalue weighted by Gasteiger charge is -2.33. The summed E-state index contributed by atoms with van der Waals surface area (Å²) in [6.45, 7) is 3.36. The Labute approximate surface area is 113 Å². The summed E-state index contributed by atoms with van der Waals surface area (Å²) in [7, 11) is 0. The zero-order valence-corrected chi connectivity index (χ0v) is 11.0. The molecule has 2 amide bonds. The maximum Gasteiger partial charge on any atom is 0.312 e. The fraction of sp³-hybridized carbons (Fsp3) is 0.538. The van der Waals surface area contributed by atoms with Crippen LogP contribution in [0.15, 0.2) is 24.4 Å². The number of hydrogen-bond donors (Lipinski definition) is 3. The van der Waals surface area contributed by atoms with E-state index >= 15 is 0 Å². The monoisotopic (exact) mass is 263 g/mol. The maximum atomic E-state index is 10.5. The standard InChI is InChI=1S/C13H21N5O/c14-13(19)17-8-7-15-11-4-9-18(10-5-11)12-3-1-2-6-16-12/h1-3,6,11,15H,4-5,7-10H2,(H3,14,17,19). The topological polar surface area (TPSA) is 83.3 Å². The van der Waals surface area contributed by atoms with Crippen molar-refractivity contribution in [1.29, 1.82) is 0 Å². The minimum absolute atomic E-state index is 0.466. The molecule has 0 radical (unpaired) electrons. The van der Waals surface area contributed by atoms with Crippen LogP contribution in [0.25, 0.3) is 0 Å². The number of amides is 2. The molecule has 0 atom stereocenters. The van der Waals surface area contributed by atoms with Gasteiger partial charge in [0, 0.05) is 38.4 Å². The molecular weight excluding hydrogens is 242 g/mol. The van der Waals surface area contributed by atoms with Crippen LogP contribution in [0.5, 0.6) is 0 Å². The number of piperidine rings is 1. The van der Waals surface area contributed by atoms with Gasteiger partial charge < -0.3 is 21.3 Å². The second-order valence-corrected chi connectivity index (χ2v) is 4.69. The van der Waals surface area contributed by atoms with Crippen molar-refractivity contribution in [2.45, 2.75) is 18.9 Å². The number of nitrogens with two attached hydrogens (primary N) is 1. The second-order valence-electron chi connectivity index (χ2n) is 4.69. The summed E-state index contributed by atoms with van der Waals surface area (Å²) in [5.41, 5.74) is 5.00. The van der Waals surface area contributed by atoms with Gasteiger partial charge in [-0.05, 0) is 25.0 Å². The molecule has 4 N–H and O–H groups in total. The van der Waals surface area contributed by atoms with Crippen molar-refractivity contribution in [3.05, 3.63) is 24.4 Å². The normalized spacial score (nSPS) is 16.3. The summed E-state index contributed by atoms with van der Waals surface area (Å²) in [5.74, 6) is 1.05. The first kappa shape index (κ1) is 13.6. The average Bonchev–Trinajstić information content (AvgIpc) is 2.45. The van der Waals surface area contributed by atoms with Crippen LogP contribution in [0.4, 0.5) is 10.6 Å². The highest BCUT2D eigenvalue weighted by atomic mass is 16.2. The van der Waals surface area contributed by atoms with E-state index in [2.05, 4.69) is 20.5 Å². The smallest absolute Gasteiger partial charge is 0.312 e. The number of hydrogen-bond acceptors (Lipinski definition) is 4. The minimum atomic E-state index is -0.466. The zero-order chi connectivity index (χ0) is 13.5. The molecule has 0 unspecified atom stereocenters. The van der Waals surface area contributed by atoms with E-state index in [-0.39, 0.29) is 0 Å². The van der Waals surface area contributed by atoms with E-state index in [1.54, 1.807) is 0 Å². The van der Waals surface area contributed by atoms with Gasteiger partial charge in [0.05, 0.1) is 0 Å². The number of rotatable bonds is 5. The van der Waals surface area contributed by atoms with Gasteiger partial charge in [-0.15, -0.1) is 0 Å². The van der Waals surface area contributed by atoms with Crippen LogP contribution in [-0.2, 0) is 0 Å². The molecule has 1 aromatic heterocycles. The molecule has 1 saturated heterocycles. The van der Waals surface area contributed by atoms with Gasteiger partial charge in [0.15, 0.2) is 0 Å². The Hall–Kier alpha value is -1.82. The van der Waals surface area contributed by atoms with Gasteiger partial charge in [0.2, 0.25) is 0 Å². The molecule has 2 heterocycles. The SMILES string of the molecule is NC(=O)NCCNC1CCN(c2ccccn2)CC1. The number of primary amides is 1. The molecule has 0 aromatic carbocycles. The Morgan fingerprint density at radius 2 is 2.16 bits per heavy atom. The first-order valence-corrected chi connectivity index (χ1v) is 6.68. The van der Waals surface area contributed by atoms with Crippen molar-refractivity contribution in [3.63, 3.8) is 0 Å². The molecule has 19 heavy (non-hydrogen) atoms. The van der Waals surface area contributed by atoms with Crippen LogP contribution in [0, 0.1) is 0 Å². The van der Waals surface area contributed by atoms with Gasteiger partial charge in [-0.1, -0.05) is 6.07 Å². The van der Waals surface area contributed by atoms with Crippen LogP contribution in [0.1, 0.15) is 12.8 Å². The van der Waals surface area contributed by atoms with Crippen molar-refractivity contribution in [2.75, 3.05) is 31.1 Å². The van der Waals surface area contributed by atoms with Crippen molar-refractivity contribution in [2.24, 2.45) is 5.73 Å². The molecule has 0 aliphatic carbocycles. The third-order valence-corrected chi connectivity index (χ3v) is 3.33. The number of urea groups is 1. The molecule has 6 heteroatoms. The third-order valence-electron chi connectivity index (χ3n) is 3.33. The van der Waals surface area contributed by atoms with Gasteiger partial charge >= 0.3 is 6.03 Å². The number of carbonyl (C=O) groups is 1. The van der Waals surface area contributed by atoms with E-state index in [1.807, 2.05) is 24.4 Å². The van der Waals surface area contributed by atoms with Gasteiger partial charge in [-0.2, -0.15) is 0 Å².